The van der Waals surface area contributed by atoms with Gasteiger partial charge in [0.05, 0.1) is 0 Å². The lowest BCUT2D eigenvalue weighted by atomic mass is 10.1. The zero-order chi connectivity index (χ0) is 15.5. The highest BCUT2D eigenvalue weighted by Gasteiger charge is 2.20. The van der Waals surface area contributed by atoms with Gasteiger partial charge in [0.25, 0.3) is 0 Å². The van der Waals surface area contributed by atoms with Crippen LogP contribution >= 0.6 is 11.6 Å². The summed E-state index contributed by atoms with van der Waals surface area (Å²) in [4.78, 5) is 4.66. The molecule has 22 heavy (non-hydrogen) atoms. The average Bonchev–Trinajstić information content (AvgIpc) is 2.52. The first-order chi connectivity index (χ1) is 10.6. The molecule has 1 heterocycles. The Kier molecular flexibility index (Phi) is 4.65. The standard InChI is InChI=1S/C18H20ClFN2/c1-14-5-2-3-8-18(14)22-11-9-21(10-12-22)13-15-16(19)6-4-7-17(15)20/h2-8H,9-13H2,1H3. The van der Waals surface area contributed by atoms with E-state index >= 15 is 0 Å². The van der Waals surface area contributed by atoms with Gasteiger partial charge in [-0.25, -0.2) is 4.39 Å². The molecule has 2 nitrogen and oxygen atoms in total. The van der Waals surface area contributed by atoms with Crippen LogP contribution in [0.5, 0.6) is 0 Å². The van der Waals surface area contributed by atoms with E-state index in [1.807, 2.05) is 0 Å². The fourth-order valence-electron chi connectivity index (χ4n) is 2.97. The van der Waals surface area contributed by atoms with Crippen LogP contribution in [0.25, 0.3) is 0 Å². The first-order valence-corrected chi connectivity index (χ1v) is 7.99. The lowest BCUT2D eigenvalue weighted by molar-refractivity contribution is 0.246. The average molecular weight is 319 g/mol. The molecular weight excluding hydrogens is 299 g/mol. The number of para-hydroxylation sites is 1. The number of aryl methyl sites for hydroxylation is 1. The van der Waals surface area contributed by atoms with Crippen molar-refractivity contribution >= 4 is 17.3 Å². The molecule has 1 aliphatic rings. The number of piperazine rings is 1. The van der Waals surface area contributed by atoms with Gasteiger partial charge < -0.3 is 4.90 Å². The summed E-state index contributed by atoms with van der Waals surface area (Å²) in [5.74, 6) is -0.214. The molecule has 1 fully saturated rings. The molecule has 4 heteroatoms. The lowest BCUT2D eigenvalue weighted by Crippen LogP contribution is -2.46. The number of hydrogen-bond donors (Lipinski definition) is 0. The SMILES string of the molecule is Cc1ccccc1N1CCN(Cc2c(F)cccc2Cl)CC1. The Labute approximate surface area is 136 Å². The van der Waals surface area contributed by atoms with Crippen LogP contribution < -0.4 is 4.90 Å². The molecule has 0 saturated carbocycles. The number of hydrogen-bond acceptors (Lipinski definition) is 2. The predicted molar refractivity (Wildman–Crippen MR) is 90.1 cm³/mol. The normalized spacial score (nSPS) is 16.0. The molecule has 0 amide bonds. The van der Waals surface area contributed by atoms with Crippen molar-refractivity contribution in [2.45, 2.75) is 13.5 Å². The van der Waals surface area contributed by atoms with Crippen LogP contribution in [0.1, 0.15) is 11.1 Å². The maximum absolute atomic E-state index is 13.9. The van der Waals surface area contributed by atoms with Gasteiger partial charge in [0.1, 0.15) is 5.82 Å². The van der Waals surface area contributed by atoms with E-state index < -0.39 is 0 Å². The fourth-order valence-corrected chi connectivity index (χ4v) is 3.19. The molecule has 116 valence electrons. The Morgan fingerprint density at radius 2 is 1.73 bits per heavy atom. The molecular formula is C18H20ClFN2. The van der Waals surface area contributed by atoms with E-state index in [1.54, 1.807) is 12.1 Å². The molecule has 0 atom stereocenters. The van der Waals surface area contributed by atoms with Crippen molar-refractivity contribution in [2.24, 2.45) is 0 Å². The van der Waals surface area contributed by atoms with Crippen molar-refractivity contribution in [3.8, 4) is 0 Å². The molecule has 2 aromatic rings. The van der Waals surface area contributed by atoms with E-state index in [-0.39, 0.29) is 5.82 Å². The second kappa shape index (κ2) is 6.67. The summed E-state index contributed by atoms with van der Waals surface area (Å²) in [5.41, 5.74) is 3.20. The maximum Gasteiger partial charge on any atom is 0.129 e. The van der Waals surface area contributed by atoms with E-state index in [9.17, 15) is 4.39 Å². The van der Waals surface area contributed by atoms with Gasteiger partial charge in [-0.15, -0.1) is 0 Å². The van der Waals surface area contributed by atoms with Gasteiger partial charge in [-0.1, -0.05) is 35.9 Å². The molecule has 0 bridgehead atoms. The van der Waals surface area contributed by atoms with Gasteiger partial charge in [-0.2, -0.15) is 0 Å². The molecule has 1 saturated heterocycles. The predicted octanol–water partition coefficient (Wildman–Crippen LogP) is 4.11. The van der Waals surface area contributed by atoms with Crippen LogP contribution in [0, 0.1) is 12.7 Å². The van der Waals surface area contributed by atoms with Gasteiger partial charge in [-0.3, -0.25) is 4.90 Å². The smallest absolute Gasteiger partial charge is 0.129 e. The maximum atomic E-state index is 13.9. The van der Waals surface area contributed by atoms with Gasteiger partial charge in [0.2, 0.25) is 0 Å². The molecule has 0 unspecified atom stereocenters. The van der Waals surface area contributed by atoms with Gasteiger partial charge in [0, 0.05) is 49.0 Å². The number of nitrogens with zero attached hydrogens (tertiary/aromatic N) is 2. The number of benzene rings is 2. The number of rotatable bonds is 3. The summed E-state index contributed by atoms with van der Waals surface area (Å²) in [7, 11) is 0. The minimum Gasteiger partial charge on any atom is -0.369 e. The summed E-state index contributed by atoms with van der Waals surface area (Å²) in [5, 5.41) is 0.515. The van der Waals surface area contributed by atoms with Crippen LogP contribution in [0.3, 0.4) is 0 Å². The van der Waals surface area contributed by atoms with Crippen LogP contribution in [-0.4, -0.2) is 31.1 Å². The highest BCUT2D eigenvalue weighted by Crippen LogP contribution is 2.24. The van der Waals surface area contributed by atoms with Gasteiger partial charge in [0.15, 0.2) is 0 Å². The largest absolute Gasteiger partial charge is 0.369 e. The summed E-state index contributed by atoms with van der Waals surface area (Å²) in [6.45, 7) is 6.46. The molecule has 0 aromatic heterocycles. The molecule has 3 rings (SSSR count). The van der Waals surface area contributed by atoms with Crippen molar-refractivity contribution in [3.05, 3.63) is 64.4 Å². The minimum atomic E-state index is -0.214. The van der Waals surface area contributed by atoms with Crippen molar-refractivity contribution in [2.75, 3.05) is 31.1 Å². The summed E-state index contributed by atoms with van der Waals surface area (Å²) >= 11 is 6.12. The molecule has 0 spiro atoms. The number of halogens is 2. The highest BCUT2D eigenvalue weighted by molar-refractivity contribution is 6.31. The zero-order valence-electron chi connectivity index (χ0n) is 12.7. The van der Waals surface area contributed by atoms with E-state index in [4.69, 9.17) is 11.6 Å². The Hall–Kier alpha value is -1.58. The molecule has 1 aliphatic heterocycles. The summed E-state index contributed by atoms with van der Waals surface area (Å²) in [6.07, 6.45) is 0. The van der Waals surface area contributed by atoms with Crippen molar-refractivity contribution in [1.82, 2.24) is 4.90 Å². The molecule has 0 N–H and O–H groups in total. The summed E-state index contributed by atoms with van der Waals surface area (Å²) < 4.78 is 13.9. The Bertz CT molecular complexity index is 631. The third kappa shape index (κ3) is 3.26. The first kappa shape index (κ1) is 15.3. The van der Waals surface area contributed by atoms with Crippen LogP contribution in [0.15, 0.2) is 42.5 Å². The van der Waals surface area contributed by atoms with Crippen LogP contribution in [0.2, 0.25) is 5.02 Å². The van der Waals surface area contributed by atoms with Gasteiger partial charge >= 0.3 is 0 Å². The second-order valence-corrected chi connectivity index (χ2v) is 6.16. The van der Waals surface area contributed by atoms with Crippen LogP contribution in [0.4, 0.5) is 10.1 Å². The van der Waals surface area contributed by atoms with Gasteiger partial charge in [-0.05, 0) is 30.7 Å². The first-order valence-electron chi connectivity index (χ1n) is 7.61. The van der Waals surface area contributed by atoms with E-state index in [0.29, 0.717) is 17.1 Å². The van der Waals surface area contributed by atoms with Crippen molar-refractivity contribution < 1.29 is 4.39 Å². The third-order valence-electron chi connectivity index (χ3n) is 4.27. The highest BCUT2D eigenvalue weighted by atomic mass is 35.5. The third-order valence-corrected chi connectivity index (χ3v) is 4.63. The Balaban J connectivity index is 1.64. The fraction of sp³-hybridized carbons (Fsp3) is 0.333. The van der Waals surface area contributed by atoms with E-state index in [0.717, 1.165) is 26.2 Å². The van der Waals surface area contributed by atoms with Crippen LogP contribution in [-0.2, 0) is 6.54 Å². The minimum absolute atomic E-state index is 0.214. The zero-order valence-corrected chi connectivity index (χ0v) is 13.5. The van der Waals surface area contributed by atoms with Crippen molar-refractivity contribution in [1.29, 1.82) is 0 Å². The quantitative estimate of drug-likeness (QED) is 0.840. The lowest BCUT2D eigenvalue weighted by Gasteiger charge is -2.37. The molecule has 0 radical (unpaired) electrons. The topological polar surface area (TPSA) is 6.48 Å². The van der Waals surface area contributed by atoms with Crippen molar-refractivity contribution in [3.63, 3.8) is 0 Å². The summed E-state index contributed by atoms with van der Waals surface area (Å²) in [6, 6.07) is 13.3. The number of anilines is 1. The Morgan fingerprint density at radius 1 is 1.00 bits per heavy atom. The van der Waals surface area contributed by atoms with E-state index in [2.05, 4.69) is 41.0 Å². The van der Waals surface area contributed by atoms with E-state index in [1.165, 1.54) is 17.3 Å². The molecule has 2 aromatic carbocycles. The monoisotopic (exact) mass is 318 g/mol. The second-order valence-electron chi connectivity index (χ2n) is 5.75. The Morgan fingerprint density at radius 3 is 2.41 bits per heavy atom. The molecule has 0 aliphatic carbocycles.